The van der Waals surface area contributed by atoms with E-state index in [4.69, 9.17) is 28.5 Å². The van der Waals surface area contributed by atoms with E-state index in [1.54, 1.807) is 48.5 Å². The molecule has 0 saturated carbocycles. The predicted octanol–water partition coefficient (Wildman–Crippen LogP) is 5.87. The van der Waals surface area contributed by atoms with Crippen LogP contribution in [0.3, 0.4) is 0 Å². The Labute approximate surface area is 215 Å². The Balaban J connectivity index is 1.85. The molecule has 1 aromatic heterocycles. The van der Waals surface area contributed by atoms with E-state index in [0.29, 0.717) is 32.4 Å². The third-order valence-corrected chi connectivity index (χ3v) is 5.91. The summed E-state index contributed by atoms with van der Waals surface area (Å²) in [6, 6.07) is 21.2. The lowest BCUT2D eigenvalue weighted by atomic mass is 10.0. The molecule has 1 amide bonds. The Hall–Kier alpha value is -4.19. The maximum absolute atomic E-state index is 15.1. The molecule has 180 valence electrons. The van der Waals surface area contributed by atoms with Gasteiger partial charge in [0.25, 0.3) is 0 Å². The number of amides is 1. The average Bonchev–Trinajstić information content (AvgIpc) is 3.22. The van der Waals surface area contributed by atoms with E-state index in [2.05, 4.69) is 5.10 Å². The molecule has 0 saturated heterocycles. The zero-order valence-electron chi connectivity index (χ0n) is 18.5. The highest BCUT2D eigenvalue weighted by Gasteiger charge is 2.30. The zero-order valence-corrected chi connectivity index (χ0v) is 20.0. The second-order valence-electron chi connectivity index (χ2n) is 7.75. The van der Waals surface area contributed by atoms with Crippen molar-refractivity contribution in [3.8, 4) is 23.0 Å². The predicted molar refractivity (Wildman–Crippen MR) is 132 cm³/mol. The van der Waals surface area contributed by atoms with Crippen molar-refractivity contribution in [3.63, 3.8) is 0 Å². The van der Waals surface area contributed by atoms with E-state index >= 15 is 4.48 Å². The Kier molecular flexibility index (Phi) is 7.34. The molecule has 7 nitrogen and oxygen atoms in total. The first kappa shape index (κ1) is 24.9. The molecule has 3 aromatic carbocycles. The minimum absolute atomic E-state index is 0.0252. The SMILES string of the molecule is N#Cc1ccc(CN(F)C(=O)c2nn(-c3ccccc3Cl)c(-c3ccc(Cl)cc3)c2CC(=O)O)cc1. The number of aliphatic carboxylic acids is 1. The van der Waals surface area contributed by atoms with Crippen LogP contribution in [0.2, 0.25) is 10.0 Å². The number of carboxylic acids is 1. The number of hydrogen-bond acceptors (Lipinski definition) is 4. The third-order valence-electron chi connectivity index (χ3n) is 5.34. The van der Waals surface area contributed by atoms with Crippen molar-refractivity contribution in [1.82, 2.24) is 14.9 Å². The number of nitriles is 1. The Morgan fingerprint density at radius 1 is 1.03 bits per heavy atom. The first-order chi connectivity index (χ1) is 17.3. The van der Waals surface area contributed by atoms with Gasteiger partial charge in [-0.2, -0.15) is 15.5 Å². The number of benzene rings is 3. The Morgan fingerprint density at radius 2 is 1.69 bits per heavy atom. The van der Waals surface area contributed by atoms with Crippen LogP contribution in [0.5, 0.6) is 0 Å². The van der Waals surface area contributed by atoms with Gasteiger partial charge in [0.1, 0.15) is 0 Å². The van der Waals surface area contributed by atoms with E-state index in [9.17, 15) is 14.7 Å². The fraction of sp³-hybridized carbons (Fsp3) is 0.0769. The number of halogens is 3. The number of carbonyl (C=O) groups is 2. The van der Waals surface area contributed by atoms with Gasteiger partial charge in [-0.1, -0.05) is 64.1 Å². The van der Waals surface area contributed by atoms with Crippen LogP contribution in [-0.4, -0.2) is 31.9 Å². The van der Waals surface area contributed by atoms with Crippen molar-refractivity contribution in [2.24, 2.45) is 0 Å². The number of carboxylic acid groups (broad SMARTS) is 1. The topological polar surface area (TPSA) is 99.2 Å². The van der Waals surface area contributed by atoms with Gasteiger partial charge in [-0.3, -0.25) is 9.59 Å². The van der Waals surface area contributed by atoms with Gasteiger partial charge in [0.15, 0.2) is 5.69 Å². The molecule has 0 aliphatic heterocycles. The standard InChI is InChI=1S/C26H17Cl2FN4O3/c27-19-11-9-18(10-12-19)25-20(13-23(34)35)24(31-33(25)22-4-2-1-3-21(22)28)26(36)32(29)15-17-7-5-16(14-30)6-8-17/h1-12H,13,15H2,(H,34,35). The van der Waals surface area contributed by atoms with Gasteiger partial charge in [-0.25, -0.2) is 4.68 Å². The van der Waals surface area contributed by atoms with Crippen LogP contribution in [0.15, 0.2) is 72.8 Å². The number of aromatic nitrogens is 2. The lowest BCUT2D eigenvalue weighted by Gasteiger charge is -2.12. The van der Waals surface area contributed by atoms with E-state index in [-0.39, 0.29) is 22.1 Å². The fourth-order valence-corrected chi connectivity index (χ4v) is 4.02. The number of carbonyl (C=O) groups excluding carboxylic acids is 1. The molecule has 4 rings (SSSR count). The van der Waals surface area contributed by atoms with Gasteiger partial charge >= 0.3 is 11.9 Å². The van der Waals surface area contributed by atoms with Crippen molar-refractivity contribution >= 4 is 35.1 Å². The second-order valence-corrected chi connectivity index (χ2v) is 8.59. The van der Waals surface area contributed by atoms with Crippen LogP contribution in [0.1, 0.15) is 27.2 Å². The molecule has 0 aliphatic rings. The van der Waals surface area contributed by atoms with Gasteiger partial charge in [-0.05, 0) is 42.0 Å². The molecule has 0 fully saturated rings. The smallest absolute Gasteiger partial charge is 0.307 e. The summed E-state index contributed by atoms with van der Waals surface area (Å²) in [6.45, 7) is -0.424. The molecular weight excluding hydrogens is 506 g/mol. The summed E-state index contributed by atoms with van der Waals surface area (Å²) in [5.41, 5.74) is 1.67. The van der Waals surface area contributed by atoms with Crippen LogP contribution in [0.4, 0.5) is 4.48 Å². The molecule has 0 spiro atoms. The summed E-state index contributed by atoms with van der Waals surface area (Å²) in [7, 11) is 0. The quantitative estimate of drug-likeness (QED) is 0.306. The summed E-state index contributed by atoms with van der Waals surface area (Å²) >= 11 is 12.4. The molecule has 4 aromatic rings. The van der Waals surface area contributed by atoms with Gasteiger partial charge < -0.3 is 5.11 Å². The van der Waals surface area contributed by atoms with E-state index in [1.165, 1.54) is 28.9 Å². The molecular formula is C26H17Cl2FN4O3. The van der Waals surface area contributed by atoms with Crippen LogP contribution in [-0.2, 0) is 17.8 Å². The molecule has 0 atom stereocenters. The Morgan fingerprint density at radius 3 is 2.31 bits per heavy atom. The summed E-state index contributed by atoms with van der Waals surface area (Å²) in [5.74, 6) is -2.34. The average molecular weight is 523 g/mol. The monoisotopic (exact) mass is 522 g/mol. The van der Waals surface area contributed by atoms with Crippen molar-refractivity contribution in [2.45, 2.75) is 13.0 Å². The van der Waals surface area contributed by atoms with Crippen molar-refractivity contribution in [3.05, 3.63) is 105 Å². The minimum Gasteiger partial charge on any atom is -0.481 e. The first-order valence-corrected chi connectivity index (χ1v) is 11.3. The van der Waals surface area contributed by atoms with Gasteiger partial charge in [-0.15, -0.1) is 0 Å². The van der Waals surface area contributed by atoms with E-state index < -0.39 is 24.8 Å². The fourth-order valence-electron chi connectivity index (χ4n) is 3.67. The molecule has 0 radical (unpaired) electrons. The maximum Gasteiger partial charge on any atom is 0.307 e. The van der Waals surface area contributed by atoms with Crippen molar-refractivity contribution in [1.29, 1.82) is 5.26 Å². The summed E-state index contributed by atoms with van der Waals surface area (Å²) in [4.78, 5) is 25.0. The molecule has 1 heterocycles. The molecule has 0 unspecified atom stereocenters. The van der Waals surface area contributed by atoms with Gasteiger partial charge in [0.05, 0.1) is 41.0 Å². The lowest BCUT2D eigenvalue weighted by molar-refractivity contribution is -0.136. The molecule has 0 aliphatic carbocycles. The molecule has 1 N–H and O–H groups in total. The highest BCUT2D eigenvalue weighted by Crippen LogP contribution is 2.33. The number of para-hydroxylation sites is 1. The van der Waals surface area contributed by atoms with Gasteiger partial charge in [0, 0.05) is 16.1 Å². The molecule has 36 heavy (non-hydrogen) atoms. The summed E-state index contributed by atoms with van der Waals surface area (Å²) < 4.78 is 16.5. The van der Waals surface area contributed by atoms with E-state index in [0.717, 1.165) is 0 Å². The van der Waals surface area contributed by atoms with Gasteiger partial charge in [0.2, 0.25) is 0 Å². The number of hydrogen-bond donors (Lipinski definition) is 1. The highest BCUT2D eigenvalue weighted by atomic mass is 35.5. The largest absolute Gasteiger partial charge is 0.481 e. The zero-order chi connectivity index (χ0) is 25.8. The molecule has 0 bridgehead atoms. The normalized spacial score (nSPS) is 10.6. The van der Waals surface area contributed by atoms with Crippen molar-refractivity contribution < 1.29 is 19.2 Å². The summed E-state index contributed by atoms with van der Waals surface area (Å²) in [5, 5.41) is 23.6. The minimum atomic E-state index is -1.23. The van der Waals surface area contributed by atoms with Crippen molar-refractivity contribution in [2.75, 3.05) is 0 Å². The lowest BCUT2D eigenvalue weighted by Crippen LogP contribution is -2.24. The number of rotatable bonds is 7. The maximum atomic E-state index is 15.1. The first-order valence-electron chi connectivity index (χ1n) is 10.6. The summed E-state index contributed by atoms with van der Waals surface area (Å²) in [6.07, 6.45) is -0.589. The third kappa shape index (κ3) is 5.23. The van der Waals surface area contributed by atoms with Crippen LogP contribution in [0.25, 0.3) is 16.9 Å². The second kappa shape index (κ2) is 10.6. The number of nitrogens with zero attached hydrogens (tertiary/aromatic N) is 4. The highest BCUT2D eigenvalue weighted by molar-refractivity contribution is 6.32. The van der Waals surface area contributed by atoms with Crippen LogP contribution in [0, 0.1) is 11.3 Å². The van der Waals surface area contributed by atoms with E-state index in [1.807, 2.05) is 6.07 Å². The van der Waals surface area contributed by atoms with Crippen LogP contribution < -0.4 is 0 Å². The molecule has 10 heteroatoms. The van der Waals surface area contributed by atoms with Crippen LogP contribution >= 0.6 is 23.2 Å². The Bertz CT molecular complexity index is 1480.